The van der Waals surface area contributed by atoms with Gasteiger partial charge < -0.3 is 5.32 Å². The van der Waals surface area contributed by atoms with Gasteiger partial charge in [-0.3, -0.25) is 9.78 Å². The molecule has 0 unspecified atom stereocenters. The Morgan fingerprint density at radius 1 is 1.10 bits per heavy atom. The maximum absolute atomic E-state index is 11.2. The highest BCUT2D eigenvalue weighted by atomic mass is 32.1. The number of thiazole rings is 1. The predicted octanol–water partition coefficient (Wildman–Crippen LogP) is 4.15. The van der Waals surface area contributed by atoms with Gasteiger partial charge in [0, 0.05) is 34.6 Å². The molecule has 0 amide bonds. The topological polar surface area (TPSA) is 54.9 Å². The Morgan fingerprint density at radius 3 is 2.48 bits per heavy atom. The molecule has 2 aromatic heterocycles. The molecule has 21 heavy (non-hydrogen) atoms. The van der Waals surface area contributed by atoms with Crippen LogP contribution in [0.4, 0.5) is 10.8 Å². The monoisotopic (exact) mass is 295 g/mol. The van der Waals surface area contributed by atoms with Crippen LogP contribution in [0.5, 0.6) is 0 Å². The standard InChI is InChI=1S/C16H13N3OS/c1-11(20)12-2-4-14(5-3-12)18-16-19-15(10-21-16)13-6-8-17-9-7-13/h2-10H,1H3,(H,18,19). The molecule has 0 aliphatic rings. The van der Waals surface area contributed by atoms with Gasteiger partial charge in [-0.05, 0) is 43.3 Å². The third-order valence-corrected chi connectivity index (χ3v) is 3.78. The third kappa shape index (κ3) is 3.14. The molecule has 0 aliphatic heterocycles. The van der Waals surface area contributed by atoms with Gasteiger partial charge in [0.2, 0.25) is 0 Å². The van der Waals surface area contributed by atoms with Crippen LogP contribution in [0, 0.1) is 0 Å². The fraction of sp³-hybridized carbons (Fsp3) is 0.0625. The van der Waals surface area contributed by atoms with Gasteiger partial charge in [-0.25, -0.2) is 4.98 Å². The highest BCUT2D eigenvalue weighted by molar-refractivity contribution is 7.14. The summed E-state index contributed by atoms with van der Waals surface area (Å²) in [5.41, 5.74) is 3.58. The van der Waals surface area contributed by atoms with Gasteiger partial charge in [-0.15, -0.1) is 11.3 Å². The SMILES string of the molecule is CC(=O)c1ccc(Nc2nc(-c3ccncc3)cs2)cc1. The highest BCUT2D eigenvalue weighted by Crippen LogP contribution is 2.26. The summed E-state index contributed by atoms with van der Waals surface area (Å²) in [5, 5.41) is 6.06. The van der Waals surface area contributed by atoms with Crippen molar-refractivity contribution < 1.29 is 4.79 Å². The van der Waals surface area contributed by atoms with E-state index in [0.29, 0.717) is 5.56 Å². The van der Waals surface area contributed by atoms with Crippen LogP contribution in [0.1, 0.15) is 17.3 Å². The number of nitrogens with zero attached hydrogens (tertiary/aromatic N) is 2. The minimum Gasteiger partial charge on any atom is -0.332 e. The summed E-state index contributed by atoms with van der Waals surface area (Å²) in [6.07, 6.45) is 3.50. The number of pyridine rings is 1. The second-order valence-corrected chi connectivity index (χ2v) is 5.39. The second-order valence-electron chi connectivity index (χ2n) is 4.53. The van der Waals surface area contributed by atoms with Gasteiger partial charge in [0.05, 0.1) is 5.69 Å². The van der Waals surface area contributed by atoms with Crippen LogP contribution in [0.2, 0.25) is 0 Å². The first-order valence-corrected chi connectivity index (χ1v) is 7.34. The summed E-state index contributed by atoms with van der Waals surface area (Å²) in [4.78, 5) is 19.8. The Bertz CT molecular complexity index is 751. The Balaban J connectivity index is 1.77. The fourth-order valence-electron chi connectivity index (χ4n) is 1.90. The number of rotatable bonds is 4. The third-order valence-electron chi connectivity index (χ3n) is 3.02. The molecule has 0 spiro atoms. The summed E-state index contributed by atoms with van der Waals surface area (Å²) in [5.74, 6) is 0.0655. The van der Waals surface area contributed by atoms with Crippen LogP contribution in [-0.2, 0) is 0 Å². The maximum atomic E-state index is 11.2. The van der Waals surface area contributed by atoms with Crippen LogP contribution >= 0.6 is 11.3 Å². The van der Waals surface area contributed by atoms with Crippen LogP contribution < -0.4 is 5.32 Å². The minimum atomic E-state index is 0.0655. The molecule has 0 fully saturated rings. The van der Waals surface area contributed by atoms with Crippen molar-refractivity contribution in [3.63, 3.8) is 0 Å². The van der Waals surface area contributed by atoms with Crippen molar-refractivity contribution >= 4 is 27.9 Å². The van der Waals surface area contributed by atoms with Crippen molar-refractivity contribution in [2.24, 2.45) is 0 Å². The first-order chi connectivity index (χ1) is 10.2. The number of nitrogens with one attached hydrogen (secondary N) is 1. The molecule has 0 aliphatic carbocycles. The Labute approximate surface area is 126 Å². The van der Waals surface area contributed by atoms with E-state index in [4.69, 9.17) is 0 Å². The van der Waals surface area contributed by atoms with Gasteiger partial charge in [-0.2, -0.15) is 0 Å². The Morgan fingerprint density at radius 2 is 1.81 bits per heavy atom. The van der Waals surface area contributed by atoms with E-state index >= 15 is 0 Å². The number of hydrogen-bond acceptors (Lipinski definition) is 5. The lowest BCUT2D eigenvalue weighted by atomic mass is 10.1. The zero-order valence-electron chi connectivity index (χ0n) is 11.4. The Hall–Kier alpha value is -2.53. The second kappa shape index (κ2) is 5.85. The maximum Gasteiger partial charge on any atom is 0.187 e. The molecule has 0 saturated carbocycles. The molecule has 5 heteroatoms. The number of hydrogen-bond donors (Lipinski definition) is 1. The molecule has 0 radical (unpaired) electrons. The summed E-state index contributed by atoms with van der Waals surface area (Å²) in [6, 6.07) is 11.2. The molecular formula is C16H13N3OS. The number of anilines is 2. The number of aromatic nitrogens is 2. The predicted molar refractivity (Wildman–Crippen MR) is 85.1 cm³/mol. The molecule has 1 aromatic carbocycles. The fourth-order valence-corrected chi connectivity index (χ4v) is 2.64. The van der Waals surface area contributed by atoms with Gasteiger partial charge in [0.15, 0.2) is 10.9 Å². The van der Waals surface area contributed by atoms with Crippen molar-refractivity contribution in [3.05, 3.63) is 59.7 Å². The number of carbonyl (C=O) groups excluding carboxylic acids is 1. The van der Waals surface area contributed by atoms with Gasteiger partial charge in [0.1, 0.15) is 0 Å². The van der Waals surface area contributed by atoms with Crippen molar-refractivity contribution in [2.75, 3.05) is 5.32 Å². The summed E-state index contributed by atoms with van der Waals surface area (Å²) in [6.45, 7) is 1.56. The molecule has 0 bridgehead atoms. The molecule has 2 heterocycles. The summed E-state index contributed by atoms with van der Waals surface area (Å²) in [7, 11) is 0. The normalized spacial score (nSPS) is 10.3. The highest BCUT2D eigenvalue weighted by Gasteiger charge is 2.05. The molecule has 0 saturated heterocycles. The lowest BCUT2D eigenvalue weighted by Gasteiger charge is -2.03. The average Bonchev–Trinajstić information content (AvgIpc) is 2.97. The minimum absolute atomic E-state index is 0.0655. The van der Waals surface area contributed by atoms with Gasteiger partial charge in [-0.1, -0.05) is 0 Å². The molecule has 0 atom stereocenters. The average molecular weight is 295 g/mol. The van der Waals surface area contributed by atoms with Crippen molar-refractivity contribution in [1.82, 2.24) is 9.97 Å². The van der Waals surface area contributed by atoms with E-state index < -0.39 is 0 Å². The molecule has 3 rings (SSSR count). The van der Waals surface area contributed by atoms with Gasteiger partial charge >= 0.3 is 0 Å². The van der Waals surface area contributed by atoms with E-state index in [1.165, 1.54) is 0 Å². The van der Waals surface area contributed by atoms with Crippen molar-refractivity contribution in [2.45, 2.75) is 6.92 Å². The smallest absolute Gasteiger partial charge is 0.187 e. The van der Waals surface area contributed by atoms with Crippen molar-refractivity contribution in [1.29, 1.82) is 0 Å². The molecule has 4 nitrogen and oxygen atoms in total. The molecule has 3 aromatic rings. The summed E-state index contributed by atoms with van der Waals surface area (Å²) < 4.78 is 0. The number of benzene rings is 1. The van der Waals surface area contributed by atoms with Crippen LogP contribution in [0.15, 0.2) is 54.2 Å². The van der Waals surface area contributed by atoms with Crippen LogP contribution in [0.25, 0.3) is 11.3 Å². The first-order valence-electron chi connectivity index (χ1n) is 6.46. The van der Waals surface area contributed by atoms with E-state index in [-0.39, 0.29) is 5.78 Å². The van der Waals surface area contributed by atoms with Gasteiger partial charge in [0.25, 0.3) is 0 Å². The lowest BCUT2D eigenvalue weighted by Crippen LogP contribution is -1.93. The number of carbonyl (C=O) groups is 1. The van der Waals surface area contributed by atoms with Crippen LogP contribution in [-0.4, -0.2) is 15.8 Å². The number of Topliss-reactive ketones (excluding diaryl/α,β-unsaturated/α-hetero) is 1. The van der Waals surface area contributed by atoms with E-state index in [9.17, 15) is 4.79 Å². The van der Waals surface area contributed by atoms with E-state index in [0.717, 1.165) is 22.1 Å². The molecule has 104 valence electrons. The molecule has 1 N–H and O–H groups in total. The Kier molecular flexibility index (Phi) is 3.75. The summed E-state index contributed by atoms with van der Waals surface area (Å²) >= 11 is 1.54. The first kappa shape index (κ1) is 13.5. The zero-order chi connectivity index (χ0) is 14.7. The lowest BCUT2D eigenvalue weighted by molar-refractivity contribution is 0.101. The van der Waals surface area contributed by atoms with Crippen LogP contribution in [0.3, 0.4) is 0 Å². The van der Waals surface area contributed by atoms with E-state index in [1.807, 2.05) is 41.8 Å². The molecular weight excluding hydrogens is 282 g/mol. The van der Waals surface area contributed by atoms with E-state index in [1.54, 1.807) is 30.7 Å². The zero-order valence-corrected chi connectivity index (χ0v) is 12.2. The van der Waals surface area contributed by atoms with E-state index in [2.05, 4.69) is 15.3 Å². The number of ketones is 1. The quantitative estimate of drug-likeness (QED) is 0.735. The largest absolute Gasteiger partial charge is 0.332 e. The van der Waals surface area contributed by atoms with Crippen molar-refractivity contribution in [3.8, 4) is 11.3 Å².